The van der Waals surface area contributed by atoms with Crippen LogP contribution in [0, 0.1) is 24.0 Å². The van der Waals surface area contributed by atoms with Crippen molar-refractivity contribution < 1.29 is 23.9 Å². The molecule has 1 aliphatic rings. The van der Waals surface area contributed by atoms with Gasteiger partial charge in [-0.05, 0) is 49.2 Å². The molecular formula is C26H22N2O6. The summed E-state index contributed by atoms with van der Waals surface area (Å²) in [6.07, 6.45) is 1.56. The number of carbonyl (C=O) groups excluding carboxylic acids is 1. The van der Waals surface area contributed by atoms with Gasteiger partial charge in [-0.25, -0.2) is 9.79 Å². The van der Waals surface area contributed by atoms with E-state index in [1.165, 1.54) is 18.7 Å². The van der Waals surface area contributed by atoms with Crippen molar-refractivity contribution in [2.24, 2.45) is 4.99 Å². The Morgan fingerprint density at radius 2 is 1.79 bits per heavy atom. The number of aliphatic imine (C=N–C) groups is 1. The number of aryl methyl sites for hydroxylation is 2. The molecular weight excluding hydrogens is 436 g/mol. The summed E-state index contributed by atoms with van der Waals surface area (Å²) in [5.41, 5.74) is 3.73. The summed E-state index contributed by atoms with van der Waals surface area (Å²) in [7, 11) is 1.54. The van der Waals surface area contributed by atoms with Gasteiger partial charge in [-0.15, -0.1) is 0 Å². The van der Waals surface area contributed by atoms with Crippen LogP contribution in [-0.2, 0) is 16.1 Å². The van der Waals surface area contributed by atoms with Gasteiger partial charge in [0.25, 0.3) is 5.69 Å². The number of nitro benzene ring substituents is 1. The fraction of sp³-hybridized carbons (Fsp3) is 0.154. The van der Waals surface area contributed by atoms with Crippen molar-refractivity contribution in [1.82, 2.24) is 0 Å². The van der Waals surface area contributed by atoms with Crippen molar-refractivity contribution in [3.63, 3.8) is 0 Å². The number of nitrogens with zero attached hydrogens (tertiary/aromatic N) is 2. The van der Waals surface area contributed by atoms with E-state index in [1.54, 1.807) is 43.3 Å². The monoisotopic (exact) mass is 458 g/mol. The maximum Gasteiger partial charge on any atom is 0.363 e. The van der Waals surface area contributed by atoms with Crippen molar-refractivity contribution in [3.8, 4) is 11.5 Å². The lowest BCUT2D eigenvalue weighted by Crippen LogP contribution is -2.06. The Kier molecular flexibility index (Phi) is 6.40. The molecule has 0 amide bonds. The first-order chi connectivity index (χ1) is 16.3. The minimum Gasteiger partial charge on any atom is -0.493 e. The summed E-state index contributed by atoms with van der Waals surface area (Å²) in [5, 5.41) is 11.2. The number of hydrogen-bond donors (Lipinski definition) is 0. The molecule has 0 radical (unpaired) electrons. The molecule has 0 bridgehead atoms. The summed E-state index contributed by atoms with van der Waals surface area (Å²) in [6.45, 7) is 4.05. The number of nitro groups is 1. The third-order valence-electron chi connectivity index (χ3n) is 5.28. The van der Waals surface area contributed by atoms with Crippen LogP contribution >= 0.6 is 0 Å². The molecule has 1 aliphatic heterocycles. The van der Waals surface area contributed by atoms with E-state index in [9.17, 15) is 14.9 Å². The van der Waals surface area contributed by atoms with E-state index in [0.717, 1.165) is 5.56 Å². The van der Waals surface area contributed by atoms with Crippen LogP contribution < -0.4 is 9.47 Å². The van der Waals surface area contributed by atoms with E-state index in [0.29, 0.717) is 34.8 Å². The van der Waals surface area contributed by atoms with Gasteiger partial charge < -0.3 is 14.2 Å². The molecule has 172 valence electrons. The van der Waals surface area contributed by atoms with E-state index in [4.69, 9.17) is 14.2 Å². The molecule has 0 aliphatic carbocycles. The SMILES string of the molecule is COc1cc(/C=C2\N=C(c3ccc(C)c([N+](=O)[O-])c3)OC2=O)ccc1OCc1ccc(C)cc1. The van der Waals surface area contributed by atoms with Crippen LogP contribution in [0.4, 0.5) is 5.69 Å². The lowest BCUT2D eigenvalue weighted by Gasteiger charge is -2.11. The maximum absolute atomic E-state index is 12.4. The summed E-state index contributed by atoms with van der Waals surface area (Å²) in [6, 6.07) is 17.9. The Bertz CT molecular complexity index is 1330. The quantitative estimate of drug-likeness (QED) is 0.210. The van der Waals surface area contributed by atoms with Gasteiger partial charge in [0, 0.05) is 17.2 Å². The molecule has 0 spiro atoms. The van der Waals surface area contributed by atoms with E-state index < -0.39 is 10.9 Å². The Labute approximate surface area is 196 Å². The largest absolute Gasteiger partial charge is 0.493 e. The number of methoxy groups -OCH3 is 1. The van der Waals surface area contributed by atoms with Crippen LogP contribution in [0.2, 0.25) is 0 Å². The third-order valence-corrected chi connectivity index (χ3v) is 5.28. The first-order valence-corrected chi connectivity index (χ1v) is 10.5. The summed E-state index contributed by atoms with van der Waals surface area (Å²) in [4.78, 5) is 27.3. The Hall–Kier alpha value is -4.46. The molecule has 4 rings (SSSR count). The fourth-order valence-corrected chi connectivity index (χ4v) is 3.37. The minimum absolute atomic E-state index is 0.0179. The minimum atomic E-state index is -0.642. The van der Waals surface area contributed by atoms with Gasteiger partial charge in [-0.3, -0.25) is 10.1 Å². The highest BCUT2D eigenvalue weighted by atomic mass is 16.6. The highest BCUT2D eigenvalue weighted by Gasteiger charge is 2.26. The molecule has 0 atom stereocenters. The maximum atomic E-state index is 12.4. The number of carbonyl (C=O) groups is 1. The van der Waals surface area contributed by atoms with Crippen LogP contribution in [0.15, 0.2) is 71.4 Å². The Morgan fingerprint density at radius 1 is 1.03 bits per heavy atom. The molecule has 34 heavy (non-hydrogen) atoms. The number of benzene rings is 3. The van der Waals surface area contributed by atoms with Crippen LogP contribution in [0.3, 0.4) is 0 Å². The van der Waals surface area contributed by atoms with Crippen LogP contribution in [0.25, 0.3) is 6.08 Å². The molecule has 0 N–H and O–H groups in total. The number of esters is 1. The van der Waals surface area contributed by atoms with Gasteiger partial charge in [0.2, 0.25) is 5.90 Å². The van der Waals surface area contributed by atoms with Crippen LogP contribution in [0.5, 0.6) is 11.5 Å². The number of cyclic esters (lactones) is 1. The van der Waals surface area contributed by atoms with Gasteiger partial charge >= 0.3 is 5.97 Å². The summed E-state index contributed by atoms with van der Waals surface area (Å²) in [5.74, 6) is 0.447. The summed E-state index contributed by atoms with van der Waals surface area (Å²) >= 11 is 0. The van der Waals surface area contributed by atoms with Gasteiger partial charge in [-0.1, -0.05) is 42.0 Å². The second-order valence-corrected chi connectivity index (χ2v) is 7.78. The number of ether oxygens (including phenoxy) is 3. The van der Waals surface area contributed by atoms with Crippen molar-refractivity contribution in [2.75, 3.05) is 7.11 Å². The van der Waals surface area contributed by atoms with E-state index in [1.807, 2.05) is 31.2 Å². The van der Waals surface area contributed by atoms with Gasteiger partial charge in [0.1, 0.15) is 6.61 Å². The fourth-order valence-electron chi connectivity index (χ4n) is 3.37. The van der Waals surface area contributed by atoms with Gasteiger partial charge in [0.05, 0.1) is 12.0 Å². The molecule has 0 aromatic heterocycles. The number of hydrogen-bond acceptors (Lipinski definition) is 7. The zero-order valence-electron chi connectivity index (χ0n) is 18.9. The molecule has 3 aromatic rings. The van der Waals surface area contributed by atoms with Gasteiger partial charge in [0.15, 0.2) is 17.2 Å². The van der Waals surface area contributed by atoms with Crippen LogP contribution in [0.1, 0.15) is 27.8 Å². The molecule has 8 heteroatoms. The average molecular weight is 458 g/mol. The third kappa shape index (κ3) is 4.96. The molecule has 0 saturated heterocycles. The first kappa shape index (κ1) is 22.7. The summed E-state index contributed by atoms with van der Waals surface area (Å²) < 4.78 is 16.6. The van der Waals surface area contributed by atoms with E-state index >= 15 is 0 Å². The van der Waals surface area contributed by atoms with Gasteiger partial charge in [-0.2, -0.15) is 0 Å². The van der Waals surface area contributed by atoms with E-state index in [-0.39, 0.29) is 17.3 Å². The second kappa shape index (κ2) is 9.58. The average Bonchev–Trinajstić information content (AvgIpc) is 3.19. The zero-order valence-corrected chi connectivity index (χ0v) is 18.9. The smallest absolute Gasteiger partial charge is 0.363 e. The second-order valence-electron chi connectivity index (χ2n) is 7.78. The number of rotatable bonds is 7. The first-order valence-electron chi connectivity index (χ1n) is 10.5. The van der Waals surface area contributed by atoms with Crippen LogP contribution in [-0.4, -0.2) is 23.9 Å². The Morgan fingerprint density at radius 3 is 2.50 bits per heavy atom. The molecule has 8 nitrogen and oxygen atoms in total. The van der Waals surface area contributed by atoms with Crippen molar-refractivity contribution in [1.29, 1.82) is 0 Å². The topological polar surface area (TPSA) is 100 Å². The normalized spacial score (nSPS) is 14.0. The molecule has 0 fully saturated rings. The van der Waals surface area contributed by atoms with E-state index in [2.05, 4.69) is 4.99 Å². The molecule has 0 unspecified atom stereocenters. The predicted molar refractivity (Wildman–Crippen MR) is 127 cm³/mol. The lowest BCUT2D eigenvalue weighted by molar-refractivity contribution is -0.385. The highest BCUT2D eigenvalue weighted by molar-refractivity contribution is 6.13. The molecule has 1 heterocycles. The highest BCUT2D eigenvalue weighted by Crippen LogP contribution is 2.31. The lowest BCUT2D eigenvalue weighted by atomic mass is 10.1. The van der Waals surface area contributed by atoms with Crippen molar-refractivity contribution >= 4 is 23.6 Å². The zero-order chi connectivity index (χ0) is 24.2. The molecule has 0 saturated carbocycles. The van der Waals surface area contributed by atoms with Crippen molar-refractivity contribution in [2.45, 2.75) is 20.5 Å². The Balaban J connectivity index is 1.55. The molecule has 3 aromatic carbocycles. The standard InChI is InChI=1S/C26H22N2O6/c1-16-4-7-18(8-5-16)15-33-23-11-9-19(13-24(23)32-3)12-21-26(29)34-25(27-21)20-10-6-17(2)22(14-20)28(30)31/h4-14H,15H2,1-3H3/b21-12-. The predicted octanol–water partition coefficient (Wildman–Crippen LogP) is 5.14. The van der Waals surface area contributed by atoms with Crippen molar-refractivity contribution in [3.05, 3.63) is 104 Å².